The van der Waals surface area contributed by atoms with E-state index in [1.165, 1.54) is 6.26 Å². The number of aromatic nitrogens is 2. The lowest BCUT2D eigenvalue weighted by Gasteiger charge is -2.03. The van der Waals surface area contributed by atoms with Gasteiger partial charge in [-0.1, -0.05) is 30.3 Å². The molecule has 3 rings (SSSR count). The van der Waals surface area contributed by atoms with Crippen molar-refractivity contribution in [3.63, 3.8) is 0 Å². The molecule has 0 saturated carbocycles. The summed E-state index contributed by atoms with van der Waals surface area (Å²) in [6.45, 7) is 0.470. The fourth-order valence-electron chi connectivity index (χ4n) is 2.03. The summed E-state index contributed by atoms with van der Waals surface area (Å²) in [6, 6.07) is 16.2. The second-order valence-corrected chi connectivity index (χ2v) is 7.07. The minimum atomic E-state index is -3.17. The number of nitrogens with zero attached hydrogens (tertiary/aromatic N) is 2. The highest BCUT2D eigenvalue weighted by Gasteiger charge is 2.09. The Morgan fingerprint density at radius 2 is 1.74 bits per heavy atom. The number of sulfone groups is 1. The van der Waals surface area contributed by atoms with Gasteiger partial charge in [0.1, 0.15) is 0 Å². The van der Waals surface area contributed by atoms with Gasteiger partial charge in [-0.15, -0.1) is 0 Å². The molecule has 0 fully saturated rings. The predicted molar refractivity (Wildman–Crippen MR) is 86.6 cm³/mol. The third-order valence-electron chi connectivity index (χ3n) is 3.25. The van der Waals surface area contributed by atoms with Gasteiger partial charge in [0.2, 0.25) is 0 Å². The zero-order valence-corrected chi connectivity index (χ0v) is 13.2. The van der Waals surface area contributed by atoms with Crippen LogP contribution in [0.15, 0.2) is 64.0 Å². The molecule has 1 heterocycles. The van der Waals surface area contributed by atoms with E-state index in [-0.39, 0.29) is 0 Å². The van der Waals surface area contributed by atoms with Gasteiger partial charge in [0.15, 0.2) is 9.84 Å². The molecule has 0 bridgehead atoms. The SMILES string of the molecule is CS(=O)(=O)c1ccc(CNc2noc(-c3ccccc3)n2)cc1. The zero-order chi connectivity index (χ0) is 16.3. The van der Waals surface area contributed by atoms with Crippen LogP contribution in [0.4, 0.5) is 5.95 Å². The summed E-state index contributed by atoms with van der Waals surface area (Å²) >= 11 is 0. The lowest BCUT2D eigenvalue weighted by Crippen LogP contribution is -2.02. The molecule has 3 aromatic rings. The quantitative estimate of drug-likeness (QED) is 0.775. The van der Waals surface area contributed by atoms with Gasteiger partial charge in [-0.2, -0.15) is 4.98 Å². The second kappa shape index (κ2) is 6.21. The number of benzene rings is 2. The Morgan fingerprint density at radius 1 is 1.04 bits per heavy atom. The van der Waals surface area contributed by atoms with E-state index in [9.17, 15) is 8.42 Å². The Balaban J connectivity index is 1.66. The molecule has 0 unspecified atom stereocenters. The fourth-order valence-corrected chi connectivity index (χ4v) is 2.66. The van der Waals surface area contributed by atoms with Crippen LogP contribution in [-0.2, 0) is 16.4 Å². The molecule has 7 heteroatoms. The third kappa shape index (κ3) is 3.75. The van der Waals surface area contributed by atoms with Gasteiger partial charge in [0.25, 0.3) is 11.8 Å². The van der Waals surface area contributed by atoms with Gasteiger partial charge in [-0.05, 0) is 35.0 Å². The Hall–Kier alpha value is -2.67. The lowest BCUT2D eigenvalue weighted by atomic mass is 10.2. The van der Waals surface area contributed by atoms with E-state index in [2.05, 4.69) is 15.5 Å². The van der Waals surface area contributed by atoms with Gasteiger partial charge in [-0.3, -0.25) is 0 Å². The van der Waals surface area contributed by atoms with Crippen LogP contribution in [0.5, 0.6) is 0 Å². The highest BCUT2D eigenvalue weighted by atomic mass is 32.2. The molecule has 0 aliphatic heterocycles. The summed E-state index contributed by atoms with van der Waals surface area (Å²) in [5.41, 5.74) is 1.77. The molecule has 0 amide bonds. The number of rotatable bonds is 5. The molecule has 1 N–H and O–H groups in total. The summed E-state index contributed by atoms with van der Waals surface area (Å²) in [7, 11) is -3.17. The first kappa shape index (κ1) is 15.2. The molecule has 118 valence electrons. The Labute approximate surface area is 134 Å². The minimum absolute atomic E-state index is 0.298. The minimum Gasteiger partial charge on any atom is -0.347 e. The van der Waals surface area contributed by atoms with Crippen molar-refractivity contribution in [2.45, 2.75) is 11.4 Å². The number of nitrogens with one attached hydrogen (secondary N) is 1. The van der Waals surface area contributed by atoms with Crippen LogP contribution >= 0.6 is 0 Å². The average Bonchev–Trinajstić information content (AvgIpc) is 3.02. The standard InChI is InChI=1S/C16H15N3O3S/c1-23(20,21)14-9-7-12(8-10-14)11-17-16-18-15(22-19-16)13-5-3-2-4-6-13/h2-10H,11H2,1H3,(H,17,19). The van der Waals surface area contributed by atoms with Gasteiger partial charge in [0.05, 0.1) is 4.90 Å². The van der Waals surface area contributed by atoms with E-state index in [0.717, 1.165) is 11.1 Å². The molecule has 0 saturated heterocycles. The van der Waals surface area contributed by atoms with Gasteiger partial charge < -0.3 is 9.84 Å². The number of anilines is 1. The number of hydrogen-bond donors (Lipinski definition) is 1. The van der Waals surface area contributed by atoms with Crippen LogP contribution in [0, 0.1) is 0 Å². The van der Waals surface area contributed by atoms with Crippen LogP contribution < -0.4 is 5.32 Å². The Kier molecular flexibility index (Phi) is 4.12. The molecular formula is C16H15N3O3S. The largest absolute Gasteiger partial charge is 0.347 e. The second-order valence-electron chi connectivity index (χ2n) is 5.06. The van der Waals surface area contributed by atoms with Crippen LogP contribution in [0.1, 0.15) is 5.56 Å². The van der Waals surface area contributed by atoms with Crippen molar-refractivity contribution in [1.82, 2.24) is 10.1 Å². The van der Waals surface area contributed by atoms with Gasteiger partial charge >= 0.3 is 0 Å². The van der Waals surface area contributed by atoms with E-state index >= 15 is 0 Å². The smallest absolute Gasteiger partial charge is 0.264 e. The maximum Gasteiger partial charge on any atom is 0.264 e. The molecular weight excluding hydrogens is 314 g/mol. The monoisotopic (exact) mass is 329 g/mol. The summed E-state index contributed by atoms with van der Waals surface area (Å²) in [5.74, 6) is 0.830. The maximum absolute atomic E-state index is 11.4. The molecule has 6 nitrogen and oxygen atoms in total. The van der Waals surface area contributed by atoms with Crippen molar-refractivity contribution in [2.24, 2.45) is 0 Å². The molecule has 0 radical (unpaired) electrons. The zero-order valence-electron chi connectivity index (χ0n) is 12.4. The Bertz CT molecular complexity index is 888. The van der Waals surface area contributed by atoms with Crippen molar-refractivity contribution in [1.29, 1.82) is 0 Å². The molecule has 0 atom stereocenters. The van der Waals surface area contributed by atoms with E-state index in [0.29, 0.717) is 23.3 Å². The van der Waals surface area contributed by atoms with E-state index in [4.69, 9.17) is 4.52 Å². The molecule has 1 aromatic heterocycles. The normalized spacial score (nSPS) is 11.3. The third-order valence-corrected chi connectivity index (χ3v) is 4.38. The van der Waals surface area contributed by atoms with Crippen molar-refractivity contribution in [3.8, 4) is 11.5 Å². The first-order chi connectivity index (χ1) is 11.0. The molecule has 2 aromatic carbocycles. The summed E-state index contributed by atoms with van der Waals surface area (Å²) in [5, 5.41) is 6.92. The predicted octanol–water partition coefficient (Wildman–Crippen LogP) is 2.75. The fraction of sp³-hybridized carbons (Fsp3) is 0.125. The number of hydrogen-bond acceptors (Lipinski definition) is 6. The summed E-state index contributed by atoms with van der Waals surface area (Å²) in [4.78, 5) is 4.57. The first-order valence-electron chi connectivity index (χ1n) is 6.94. The highest BCUT2D eigenvalue weighted by molar-refractivity contribution is 7.90. The Morgan fingerprint density at radius 3 is 2.39 bits per heavy atom. The van der Waals surface area contributed by atoms with Crippen molar-refractivity contribution >= 4 is 15.8 Å². The topological polar surface area (TPSA) is 85.1 Å². The lowest BCUT2D eigenvalue weighted by molar-refractivity contribution is 0.432. The van der Waals surface area contributed by atoms with Crippen LogP contribution in [-0.4, -0.2) is 24.8 Å². The van der Waals surface area contributed by atoms with Crippen molar-refractivity contribution in [2.75, 3.05) is 11.6 Å². The van der Waals surface area contributed by atoms with Gasteiger partial charge in [0, 0.05) is 18.4 Å². The van der Waals surface area contributed by atoms with Crippen molar-refractivity contribution < 1.29 is 12.9 Å². The molecule has 0 spiro atoms. The first-order valence-corrected chi connectivity index (χ1v) is 8.83. The summed E-state index contributed by atoms with van der Waals surface area (Å²) < 4.78 is 28.0. The van der Waals surface area contributed by atoms with E-state index in [1.54, 1.807) is 24.3 Å². The van der Waals surface area contributed by atoms with Crippen LogP contribution in [0.25, 0.3) is 11.5 Å². The highest BCUT2D eigenvalue weighted by Crippen LogP contribution is 2.18. The maximum atomic E-state index is 11.4. The average molecular weight is 329 g/mol. The van der Waals surface area contributed by atoms with E-state index in [1.807, 2.05) is 30.3 Å². The van der Waals surface area contributed by atoms with Crippen LogP contribution in [0.2, 0.25) is 0 Å². The summed E-state index contributed by atoms with van der Waals surface area (Å²) in [6.07, 6.45) is 1.19. The van der Waals surface area contributed by atoms with Crippen LogP contribution in [0.3, 0.4) is 0 Å². The molecule has 0 aliphatic carbocycles. The molecule has 0 aliphatic rings. The van der Waals surface area contributed by atoms with Crippen molar-refractivity contribution in [3.05, 3.63) is 60.2 Å². The van der Waals surface area contributed by atoms with E-state index < -0.39 is 9.84 Å². The molecule has 23 heavy (non-hydrogen) atoms. The van der Waals surface area contributed by atoms with Gasteiger partial charge in [-0.25, -0.2) is 8.42 Å².